The van der Waals surface area contributed by atoms with Gasteiger partial charge in [-0.2, -0.15) is 0 Å². The van der Waals surface area contributed by atoms with E-state index >= 15 is 0 Å². The molecule has 11 rings (SSSR count). The van der Waals surface area contributed by atoms with Crippen LogP contribution in [-0.4, -0.2) is 0 Å². The van der Waals surface area contributed by atoms with Crippen LogP contribution in [0.3, 0.4) is 0 Å². The van der Waals surface area contributed by atoms with Gasteiger partial charge in [0.1, 0.15) is 11.2 Å². The van der Waals surface area contributed by atoms with Gasteiger partial charge in [0, 0.05) is 33.9 Å². The summed E-state index contributed by atoms with van der Waals surface area (Å²) < 4.78 is 6.40. The van der Waals surface area contributed by atoms with Crippen LogP contribution in [0.2, 0.25) is 0 Å². The quantitative estimate of drug-likeness (QED) is 0.174. The first-order valence-electron chi connectivity index (χ1n) is 20.3. The fourth-order valence-electron chi connectivity index (χ4n) is 8.92. The summed E-state index contributed by atoms with van der Waals surface area (Å²) in [4.78, 5) is 2.35. The van der Waals surface area contributed by atoms with Crippen LogP contribution < -0.4 is 4.90 Å². The van der Waals surface area contributed by atoms with Gasteiger partial charge in [0.05, 0.1) is 0 Å². The molecule has 0 bridgehead atoms. The third-order valence-electron chi connectivity index (χ3n) is 12.4. The lowest BCUT2D eigenvalue weighted by atomic mass is 9.77. The van der Waals surface area contributed by atoms with Gasteiger partial charge >= 0.3 is 0 Å². The zero-order valence-corrected chi connectivity index (χ0v) is 33.5. The van der Waals surface area contributed by atoms with E-state index in [0.29, 0.717) is 0 Å². The molecule has 278 valence electrons. The number of benzene rings is 9. The molecule has 0 atom stereocenters. The monoisotopic (exact) mass is 745 g/mol. The molecule has 1 aliphatic carbocycles. The first-order chi connectivity index (χ1) is 28.1. The summed E-state index contributed by atoms with van der Waals surface area (Å²) in [5.74, 6) is 0. The number of furan rings is 1. The van der Waals surface area contributed by atoms with E-state index in [4.69, 9.17) is 4.42 Å². The molecule has 0 saturated carbocycles. The van der Waals surface area contributed by atoms with Crippen molar-refractivity contribution in [2.75, 3.05) is 4.90 Å². The van der Waals surface area contributed by atoms with Crippen LogP contribution in [0.25, 0.3) is 88.0 Å². The van der Waals surface area contributed by atoms with Gasteiger partial charge in [-0.3, -0.25) is 0 Å². The van der Waals surface area contributed by atoms with Gasteiger partial charge in [-0.05, 0) is 175 Å². The molecular weight excluding hydrogens is 703 g/mol. The summed E-state index contributed by atoms with van der Waals surface area (Å²) in [6.07, 6.45) is 0. The number of anilines is 3. The highest BCUT2D eigenvalue weighted by molar-refractivity contribution is 6.13. The van der Waals surface area contributed by atoms with Gasteiger partial charge in [0.25, 0.3) is 0 Å². The zero-order chi connectivity index (χ0) is 39.3. The Morgan fingerprint density at radius 1 is 0.379 bits per heavy atom. The lowest BCUT2D eigenvalue weighted by Gasteiger charge is -2.28. The average Bonchev–Trinajstić information content (AvgIpc) is 3.61. The van der Waals surface area contributed by atoms with E-state index in [2.05, 4.69) is 197 Å². The first-order valence-corrected chi connectivity index (χ1v) is 20.3. The molecule has 0 fully saturated rings. The second-order valence-electron chi connectivity index (χ2n) is 17.2. The van der Waals surface area contributed by atoms with Gasteiger partial charge in [-0.15, -0.1) is 0 Å². The Morgan fingerprint density at radius 2 is 0.897 bits per heavy atom. The number of hydrogen-bond donors (Lipinski definition) is 0. The summed E-state index contributed by atoms with van der Waals surface area (Å²) in [5.41, 5.74) is 19.4. The molecule has 58 heavy (non-hydrogen) atoms. The minimum absolute atomic E-state index is 0.141. The molecule has 2 heteroatoms. The highest BCUT2D eigenvalue weighted by Crippen LogP contribution is 2.51. The van der Waals surface area contributed by atoms with Crippen LogP contribution in [0.15, 0.2) is 174 Å². The van der Waals surface area contributed by atoms with Gasteiger partial charge in [-0.25, -0.2) is 0 Å². The van der Waals surface area contributed by atoms with Crippen molar-refractivity contribution in [1.82, 2.24) is 0 Å². The molecule has 0 saturated heterocycles. The zero-order valence-electron chi connectivity index (χ0n) is 33.5. The van der Waals surface area contributed by atoms with E-state index in [1.165, 1.54) is 82.7 Å². The molecule has 1 aliphatic rings. The van der Waals surface area contributed by atoms with Gasteiger partial charge in [-0.1, -0.05) is 112 Å². The molecule has 0 radical (unpaired) electrons. The van der Waals surface area contributed by atoms with Crippen LogP contribution >= 0.6 is 0 Å². The fraction of sp³-hybridized carbons (Fsp3) is 0.107. The SMILES string of the molecule is Cc1ccc(-c2ccc(N(c3ccc4cc5c(cc4c3)-c3cc4ccc(-c6ccc(C(C)(C)C)cc6)cc4cc3-5)c3ccc4c(c3)oc3ccccc34)cc2)cc1C. The lowest BCUT2D eigenvalue weighted by molar-refractivity contribution is 0.590. The van der Waals surface area contributed by atoms with Crippen molar-refractivity contribution in [3.05, 3.63) is 187 Å². The van der Waals surface area contributed by atoms with E-state index in [-0.39, 0.29) is 5.41 Å². The summed E-state index contributed by atoms with van der Waals surface area (Å²) in [7, 11) is 0. The van der Waals surface area contributed by atoms with Crippen LogP contribution in [0.1, 0.15) is 37.5 Å². The predicted molar refractivity (Wildman–Crippen MR) is 247 cm³/mol. The summed E-state index contributed by atoms with van der Waals surface area (Å²) in [6.45, 7) is 11.1. The Hall–Kier alpha value is -6.90. The normalized spacial score (nSPS) is 12.2. The van der Waals surface area contributed by atoms with E-state index < -0.39 is 0 Å². The first kappa shape index (κ1) is 34.4. The Balaban J connectivity index is 0.979. The number of fused-ring (bicyclic) bond motifs is 9. The number of aryl methyl sites for hydroxylation is 2. The summed E-state index contributed by atoms with van der Waals surface area (Å²) >= 11 is 0. The van der Waals surface area contributed by atoms with Crippen molar-refractivity contribution in [2.45, 2.75) is 40.0 Å². The molecule has 0 spiro atoms. The maximum atomic E-state index is 6.40. The van der Waals surface area contributed by atoms with Crippen LogP contribution in [0.5, 0.6) is 0 Å². The van der Waals surface area contributed by atoms with Crippen molar-refractivity contribution in [3.63, 3.8) is 0 Å². The number of para-hydroxylation sites is 1. The summed E-state index contributed by atoms with van der Waals surface area (Å²) in [5, 5.41) is 7.26. The summed E-state index contributed by atoms with van der Waals surface area (Å²) in [6, 6.07) is 62.9. The second kappa shape index (κ2) is 12.8. The van der Waals surface area contributed by atoms with Crippen LogP contribution in [0, 0.1) is 13.8 Å². The van der Waals surface area contributed by atoms with Gasteiger partial charge in [0.2, 0.25) is 0 Å². The molecule has 0 aliphatic heterocycles. The maximum Gasteiger partial charge on any atom is 0.137 e. The minimum Gasteiger partial charge on any atom is -0.456 e. The number of nitrogens with zero attached hydrogens (tertiary/aromatic N) is 1. The minimum atomic E-state index is 0.141. The van der Waals surface area contributed by atoms with E-state index in [0.717, 1.165) is 39.0 Å². The van der Waals surface area contributed by atoms with E-state index in [1.807, 2.05) is 12.1 Å². The highest BCUT2D eigenvalue weighted by Gasteiger charge is 2.25. The van der Waals surface area contributed by atoms with Crippen LogP contribution in [0.4, 0.5) is 17.1 Å². The largest absolute Gasteiger partial charge is 0.456 e. The topological polar surface area (TPSA) is 16.4 Å². The van der Waals surface area contributed by atoms with E-state index in [1.54, 1.807) is 0 Å². The molecule has 0 unspecified atom stereocenters. The Kier molecular flexibility index (Phi) is 7.59. The van der Waals surface area contributed by atoms with Crippen molar-refractivity contribution in [1.29, 1.82) is 0 Å². The van der Waals surface area contributed by atoms with Crippen molar-refractivity contribution >= 4 is 60.5 Å². The number of hydrogen-bond acceptors (Lipinski definition) is 2. The average molecular weight is 746 g/mol. The lowest BCUT2D eigenvalue weighted by Crippen LogP contribution is -2.10. The molecular formula is C56H43NO. The molecule has 9 aromatic carbocycles. The van der Waals surface area contributed by atoms with Gasteiger partial charge < -0.3 is 9.32 Å². The maximum absolute atomic E-state index is 6.40. The van der Waals surface area contributed by atoms with E-state index in [9.17, 15) is 0 Å². The van der Waals surface area contributed by atoms with Crippen LogP contribution in [-0.2, 0) is 5.41 Å². The smallest absolute Gasteiger partial charge is 0.137 e. The van der Waals surface area contributed by atoms with Gasteiger partial charge in [0.15, 0.2) is 0 Å². The molecule has 1 aromatic heterocycles. The molecule has 2 nitrogen and oxygen atoms in total. The fourth-order valence-corrected chi connectivity index (χ4v) is 8.92. The Bertz CT molecular complexity index is 3270. The third-order valence-corrected chi connectivity index (χ3v) is 12.4. The predicted octanol–water partition coefficient (Wildman–Crippen LogP) is 16.3. The second-order valence-corrected chi connectivity index (χ2v) is 17.2. The molecule has 0 N–H and O–H groups in total. The number of rotatable bonds is 5. The standard InChI is InChI=1S/C56H43NO/c1-34-10-11-38(26-35(34)2)37-16-21-45(22-17-37)57(47-24-25-49-48-8-6-7-9-54(48)58-55(49)33-47)46-23-18-41-30-51-52-31-42-27-39(36-14-19-44(20-15-36)56(3,4)5)12-13-40(42)29-50(52)53(51)32-43(41)28-46/h6-33H,1-5H3. The molecule has 10 aromatic rings. The van der Waals surface area contributed by atoms with Crippen molar-refractivity contribution in [3.8, 4) is 44.5 Å². The molecule has 1 heterocycles. The highest BCUT2D eigenvalue weighted by atomic mass is 16.3. The van der Waals surface area contributed by atoms with Crippen molar-refractivity contribution in [2.24, 2.45) is 0 Å². The third kappa shape index (κ3) is 5.63. The van der Waals surface area contributed by atoms with Crippen molar-refractivity contribution < 1.29 is 4.42 Å². The molecule has 0 amide bonds. The Labute approximate surface area is 339 Å². The Morgan fingerprint density at radius 3 is 1.59 bits per heavy atom.